The van der Waals surface area contributed by atoms with Crippen LogP contribution in [0.4, 0.5) is 0 Å². The summed E-state index contributed by atoms with van der Waals surface area (Å²) in [6.07, 6.45) is 4.01. The van der Waals surface area contributed by atoms with Gasteiger partial charge in [-0.25, -0.2) is 0 Å². The van der Waals surface area contributed by atoms with Crippen LogP contribution in [0.25, 0.3) is 11.3 Å². The van der Waals surface area contributed by atoms with Gasteiger partial charge in [0.1, 0.15) is 6.54 Å². The summed E-state index contributed by atoms with van der Waals surface area (Å²) in [4.78, 5) is 9.15. The Balaban J connectivity index is 0.000000667. The number of hydrogen-bond donors (Lipinski definition) is 2. The van der Waals surface area contributed by atoms with E-state index in [1.54, 1.807) is 10.6 Å². The molecule has 0 aliphatic carbocycles. The van der Waals surface area contributed by atoms with E-state index in [0.29, 0.717) is 14.8 Å². The van der Waals surface area contributed by atoms with Gasteiger partial charge in [0.2, 0.25) is 0 Å². The van der Waals surface area contributed by atoms with Crippen molar-refractivity contribution in [3.63, 3.8) is 0 Å². The van der Waals surface area contributed by atoms with Gasteiger partial charge in [0, 0.05) is 0 Å². The first-order valence-corrected chi connectivity index (χ1v) is 8.97. The van der Waals surface area contributed by atoms with Crippen LogP contribution in [0.15, 0.2) is 41.8 Å². The molecule has 2 rings (SSSR count). The van der Waals surface area contributed by atoms with Crippen LogP contribution >= 0.6 is 35.4 Å². The molecule has 2 aromatic rings. The quantitative estimate of drug-likeness (QED) is 0.337. The summed E-state index contributed by atoms with van der Waals surface area (Å²) in [5, 5.41) is 18.2. The summed E-state index contributed by atoms with van der Waals surface area (Å²) in [7, 11) is 0. The Kier molecular flexibility index (Phi) is 12.3. The van der Waals surface area contributed by atoms with E-state index in [1.807, 2.05) is 45.9 Å². The molecule has 0 atom stereocenters. The Morgan fingerprint density at radius 2 is 2.08 bits per heavy atom. The molecule has 0 amide bonds. The van der Waals surface area contributed by atoms with Gasteiger partial charge in [-0.15, -0.1) is 0 Å². The maximum Gasteiger partial charge on any atom is 0.200 e. The second kappa shape index (κ2) is 13.3. The van der Waals surface area contributed by atoms with Gasteiger partial charge < -0.3 is 5.11 Å². The van der Waals surface area contributed by atoms with E-state index >= 15 is 0 Å². The maximum absolute atomic E-state index is 9.15. The number of aliphatic hydroxyl groups is 1. The lowest BCUT2D eigenvalue weighted by molar-refractivity contribution is 0.472. The van der Waals surface area contributed by atoms with E-state index < -0.39 is 0 Å². The summed E-state index contributed by atoms with van der Waals surface area (Å²) >= 11 is 17.5. The molecule has 1 aromatic carbocycles. The van der Waals surface area contributed by atoms with Gasteiger partial charge in [-0.3, -0.25) is 9.67 Å². The molecule has 0 fully saturated rings. The number of benzene rings is 1. The van der Waals surface area contributed by atoms with Crippen molar-refractivity contribution >= 4 is 41.0 Å². The molecule has 142 valence electrons. The average molecular weight is 417 g/mol. The Bertz CT molecular complexity index is 813. The minimum absolute atomic E-state index is 0.0521. The number of nitrogens with one attached hydrogen (secondary N) is 1. The van der Waals surface area contributed by atoms with Gasteiger partial charge in [0.25, 0.3) is 0 Å². The summed E-state index contributed by atoms with van der Waals surface area (Å²) < 4.78 is 2.26. The predicted molar refractivity (Wildman–Crippen MR) is 112 cm³/mol. The Morgan fingerprint density at radius 3 is 2.58 bits per heavy atom. The lowest BCUT2D eigenvalue weighted by atomic mass is 10.2. The molecule has 2 N–H and O–H groups in total. The number of rotatable bonds is 4. The standard InChI is InChI=1S/C12H11Cl2N3S.C3H5NO2.C2H6/c1-3-7(2)11-15-16-12(18)17(11)9-6-4-5-8(13)10(9)14;5-3-1-2-4-6;1-2/h3-6H,1-2H3,(H,16,18);1,3,5H,2H2;1-2H3/b7-3+;3-1+;. The molecular weight excluding hydrogens is 395 g/mol. The zero-order valence-electron chi connectivity index (χ0n) is 15.0. The molecular formula is C17H22Cl2N4O2S. The molecule has 0 saturated carbocycles. The zero-order chi connectivity index (χ0) is 20.1. The van der Waals surface area contributed by atoms with Crippen LogP contribution < -0.4 is 0 Å². The number of nitroso groups, excluding NO2 is 1. The summed E-state index contributed by atoms with van der Waals surface area (Å²) in [6.45, 7) is 7.95. The van der Waals surface area contributed by atoms with E-state index in [1.165, 1.54) is 6.08 Å². The molecule has 0 unspecified atom stereocenters. The number of allylic oxidation sites excluding steroid dienone is 2. The molecule has 0 saturated heterocycles. The van der Waals surface area contributed by atoms with E-state index in [-0.39, 0.29) is 6.54 Å². The third kappa shape index (κ3) is 6.74. The number of aromatic nitrogens is 3. The van der Waals surface area contributed by atoms with E-state index in [0.717, 1.165) is 23.3 Å². The molecule has 9 heteroatoms. The second-order valence-corrected chi connectivity index (χ2v) is 5.60. The van der Waals surface area contributed by atoms with Crippen LogP contribution in [0.5, 0.6) is 0 Å². The number of aromatic amines is 1. The number of aliphatic hydroxyl groups excluding tert-OH is 1. The summed E-state index contributed by atoms with van der Waals surface area (Å²) in [5.41, 5.74) is 1.72. The fourth-order valence-electron chi connectivity index (χ4n) is 1.67. The first-order chi connectivity index (χ1) is 12.5. The number of hydrogen-bond acceptors (Lipinski definition) is 5. The SMILES string of the molecule is C/C=C(\C)c1n[nH]c(=S)n1-c1cccc(Cl)c1Cl.CC.O=NC/C=C/O. The second-order valence-electron chi connectivity index (χ2n) is 4.43. The number of halogens is 2. The topological polar surface area (TPSA) is 83.3 Å². The highest BCUT2D eigenvalue weighted by atomic mass is 35.5. The van der Waals surface area contributed by atoms with Crippen LogP contribution in [-0.4, -0.2) is 26.4 Å². The van der Waals surface area contributed by atoms with Gasteiger partial charge in [-0.05, 0) is 49.8 Å². The van der Waals surface area contributed by atoms with Gasteiger partial charge in [-0.2, -0.15) is 10.0 Å². The average Bonchev–Trinajstić information content (AvgIpc) is 3.05. The largest absolute Gasteiger partial charge is 0.516 e. The van der Waals surface area contributed by atoms with Crippen LogP contribution in [0.2, 0.25) is 10.0 Å². The Morgan fingerprint density at radius 1 is 1.42 bits per heavy atom. The van der Waals surface area contributed by atoms with Crippen molar-refractivity contribution in [1.29, 1.82) is 0 Å². The first-order valence-electron chi connectivity index (χ1n) is 7.81. The summed E-state index contributed by atoms with van der Waals surface area (Å²) in [6, 6.07) is 5.42. The van der Waals surface area contributed by atoms with Gasteiger partial charge in [0.15, 0.2) is 10.6 Å². The molecule has 0 aliphatic heterocycles. The normalized spacial score (nSPS) is 10.6. The van der Waals surface area contributed by atoms with Crippen LogP contribution in [0.1, 0.15) is 33.5 Å². The predicted octanol–water partition coefficient (Wildman–Crippen LogP) is 6.51. The van der Waals surface area contributed by atoms with Gasteiger partial charge in [0.05, 0.1) is 22.0 Å². The number of H-pyrrole nitrogens is 1. The van der Waals surface area contributed by atoms with Crippen LogP contribution in [-0.2, 0) is 0 Å². The monoisotopic (exact) mass is 416 g/mol. The Labute approximate surface area is 168 Å². The minimum Gasteiger partial charge on any atom is -0.516 e. The highest BCUT2D eigenvalue weighted by molar-refractivity contribution is 7.71. The number of nitrogens with zero attached hydrogens (tertiary/aromatic N) is 3. The zero-order valence-corrected chi connectivity index (χ0v) is 17.4. The fourth-order valence-corrected chi connectivity index (χ4v) is 2.28. The van der Waals surface area contributed by atoms with Crippen molar-refractivity contribution in [2.24, 2.45) is 5.18 Å². The molecule has 0 radical (unpaired) electrons. The van der Waals surface area contributed by atoms with Crippen LogP contribution in [0, 0.1) is 9.68 Å². The van der Waals surface area contributed by atoms with Crippen molar-refractivity contribution in [3.8, 4) is 5.69 Å². The van der Waals surface area contributed by atoms with E-state index in [4.69, 9.17) is 45.4 Å². The third-order valence-corrected chi connectivity index (χ3v) is 4.00. The first kappa shape index (κ1) is 24.0. The maximum atomic E-state index is 9.15. The molecule has 26 heavy (non-hydrogen) atoms. The van der Waals surface area contributed by atoms with Gasteiger partial charge >= 0.3 is 0 Å². The van der Waals surface area contributed by atoms with Crippen molar-refractivity contribution in [1.82, 2.24) is 14.8 Å². The van der Waals surface area contributed by atoms with Crippen molar-refractivity contribution < 1.29 is 5.11 Å². The van der Waals surface area contributed by atoms with Gasteiger partial charge in [-0.1, -0.05) is 54.4 Å². The van der Waals surface area contributed by atoms with E-state index in [9.17, 15) is 0 Å². The molecule has 1 heterocycles. The molecule has 0 aliphatic rings. The molecule has 0 spiro atoms. The summed E-state index contributed by atoms with van der Waals surface area (Å²) in [5.74, 6) is 0.728. The lowest BCUT2D eigenvalue weighted by Crippen LogP contribution is -2.00. The third-order valence-electron chi connectivity index (χ3n) is 2.92. The highest BCUT2D eigenvalue weighted by Gasteiger charge is 2.13. The Hall–Kier alpha value is -1.96. The van der Waals surface area contributed by atoms with Crippen LogP contribution in [0.3, 0.4) is 0 Å². The molecule has 1 aromatic heterocycles. The molecule has 0 bridgehead atoms. The van der Waals surface area contributed by atoms with Crippen molar-refractivity contribution in [2.75, 3.05) is 6.54 Å². The van der Waals surface area contributed by atoms with E-state index in [2.05, 4.69) is 15.4 Å². The fraction of sp³-hybridized carbons (Fsp3) is 0.294. The lowest BCUT2D eigenvalue weighted by Gasteiger charge is -2.09. The molecule has 6 nitrogen and oxygen atoms in total. The van der Waals surface area contributed by atoms with Crippen molar-refractivity contribution in [3.05, 3.63) is 62.2 Å². The highest BCUT2D eigenvalue weighted by Crippen LogP contribution is 2.30. The smallest absolute Gasteiger partial charge is 0.200 e. The van der Waals surface area contributed by atoms with Crippen molar-refractivity contribution in [2.45, 2.75) is 27.7 Å². The minimum atomic E-state index is 0.0521.